The molecule has 4 unspecified atom stereocenters. The van der Waals surface area contributed by atoms with Gasteiger partial charge in [0.2, 0.25) is 0 Å². The van der Waals surface area contributed by atoms with Gasteiger partial charge in [-0.3, -0.25) is 4.79 Å². The average molecular weight is 464 g/mol. The first kappa shape index (κ1) is 21.4. The van der Waals surface area contributed by atoms with Gasteiger partial charge >= 0.3 is 0 Å². The van der Waals surface area contributed by atoms with E-state index in [1.165, 1.54) is 0 Å². The molecule has 3 saturated heterocycles. The Morgan fingerprint density at radius 2 is 1.00 bits per heavy atom. The number of rotatable bonds is 6. The zero-order valence-electron chi connectivity index (χ0n) is 19.4. The van der Waals surface area contributed by atoms with Crippen molar-refractivity contribution in [1.29, 1.82) is 0 Å². The van der Waals surface area contributed by atoms with Crippen LogP contribution in [-0.2, 0) is 47.4 Å². The van der Waals surface area contributed by atoms with E-state index >= 15 is 0 Å². The van der Waals surface area contributed by atoms with E-state index in [4.69, 9.17) is 42.6 Å². The highest BCUT2D eigenvalue weighted by atomic mass is 16.8. The summed E-state index contributed by atoms with van der Waals surface area (Å²) in [7, 11) is 9.33. The smallest absolute Gasteiger partial charge is 0.197 e. The summed E-state index contributed by atoms with van der Waals surface area (Å²) in [5.74, 6) is -2.71. The maximum absolute atomic E-state index is 14.4. The molecule has 10 atom stereocenters. The number of ketones is 1. The highest BCUT2D eigenvalue weighted by molar-refractivity contribution is 5.88. The predicted octanol–water partition coefficient (Wildman–Crippen LogP) is 0.877. The first-order valence-corrected chi connectivity index (χ1v) is 10.9. The molecule has 6 aliphatic heterocycles. The van der Waals surface area contributed by atoms with Gasteiger partial charge in [-0.25, -0.2) is 0 Å². The summed E-state index contributed by atoms with van der Waals surface area (Å²) in [6.07, 6.45) is 1.25. The number of hydrogen-bond acceptors (Lipinski definition) is 10. The van der Waals surface area contributed by atoms with Gasteiger partial charge in [0, 0.05) is 14.2 Å². The molecule has 6 rings (SSSR count). The minimum atomic E-state index is -1.27. The second-order valence-electron chi connectivity index (χ2n) is 9.02. The maximum Gasteiger partial charge on any atom is 0.197 e. The van der Waals surface area contributed by atoms with Gasteiger partial charge in [0.1, 0.15) is 30.2 Å². The molecule has 10 heteroatoms. The number of fused-ring (bicyclic) bond motifs is 14. The molecule has 180 valence electrons. The molecule has 0 aliphatic carbocycles. The van der Waals surface area contributed by atoms with Crippen LogP contribution < -0.4 is 0 Å². The molecule has 10 nitrogen and oxygen atoms in total. The first-order chi connectivity index (χ1) is 16.0. The third kappa shape index (κ3) is 2.28. The van der Waals surface area contributed by atoms with Gasteiger partial charge in [0.25, 0.3) is 0 Å². The van der Waals surface area contributed by atoms with Crippen LogP contribution in [0.1, 0.15) is 0 Å². The van der Waals surface area contributed by atoms with Gasteiger partial charge in [0.15, 0.2) is 34.6 Å². The molecule has 0 saturated carbocycles. The molecule has 0 radical (unpaired) electrons. The number of carbonyl (C=O) groups is 1. The molecule has 0 amide bonds. The molecule has 6 aliphatic rings. The summed E-state index contributed by atoms with van der Waals surface area (Å²) < 4.78 is 53.7. The SMILES string of the molecule is COC1=C(OC)C2OC1[C@H]1C(=O)[C@H]3C4OC(C(OC)=C4OC)[C@H]3[C@]3(OC)C=C[C@@](OC)(O3)[C@@H]21. The monoisotopic (exact) mass is 464 g/mol. The van der Waals surface area contributed by atoms with E-state index in [0.717, 1.165) is 0 Å². The molecule has 33 heavy (non-hydrogen) atoms. The second kappa shape index (κ2) is 6.96. The standard InChI is InChI=1S/C23H28O10/c1-25-18-14-9-11(16(31-14)20(18)27-3)22(29-5)7-8-23(30-6,33-22)12-10(13(9)24)15-19(26-2)21(28-4)17(12)32-15/h7-12,14-17H,1-6H3/t9-,10+,11-,12+,14?,15?,16?,17?,22-,23+. The van der Waals surface area contributed by atoms with Crippen molar-refractivity contribution in [2.45, 2.75) is 36.0 Å². The Morgan fingerprint density at radius 1 is 0.636 bits per heavy atom. The van der Waals surface area contributed by atoms with E-state index in [1.807, 2.05) is 12.2 Å². The first-order valence-electron chi connectivity index (χ1n) is 10.9. The van der Waals surface area contributed by atoms with E-state index in [-0.39, 0.29) is 5.78 Å². The molecule has 6 heterocycles. The maximum atomic E-state index is 14.4. The summed E-state index contributed by atoms with van der Waals surface area (Å²) >= 11 is 0. The molecular weight excluding hydrogens is 436 g/mol. The van der Waals surface area contributed by atoms with Gasteiger partial charge in [-0.05, 0) is 12.2 Å². The Balaban J connectivity index is 1.56. The van der Waals surface area contributed by atoms with Crippen molar-refractivity contribution in [3.8, 4) is 0 Å². The minimum absolute atomic E-state index is 0.0331. The highest BCUT2D eigenvalue weighted by Gasteiger charge is 2.76. The Bertz CT molecular complexity index is 912. The largest absolute Gasteiger partial charge is 0.495 e. The normalized spacial score (nSPS) is 48.7. The third-order valence-corrected chi connectivity index (χ3v) is 8.16. The van der Waals surface area contributed by atoms with Crippen LogP contribution in [0.25, 0.3) is 0 Å². The Morgan fingerprint density at radius 3 is 1.33 bits per heavy atom. The van der Waals surface area contributed by atoms with Gasteiger partial charge in [0.05, 0.1) is 52.1 Å². The van der Waals surface area contributed by atoms with Crippen LogP contribution in [0, 0.1) is 23.7 Å². The average Bonchev–Trinajstić information content (AvgIpc) is 3.63. The number of ether oxygens (including phenoxy) is 9. The number of carbonyl (C=O) groups excluding carboxylic acids is 1. The molecule has 3 fully saturated rings. The summed E-state index contributed by atoms with van der Waals surface area (Å²) in [5.41, 5.74) is 0. The van der Waals surface area contributed by atoms with E-state index in [9.17, 15) is 4.79 Å². The van der Waals surface area contributed by atoms with Crippen molar-refractivity contribution in [2.75, 3.05) is 42.7 Å². The van der Waals surface area contributed by atoms with Crippen molar-refractivity contribution in [3.63, 3.8) is 0 Å². The number of Topliss-reactive ketones (excluding diaryl/α,β-unsaturated/α-hetero) is 1. The molecule has 6 bridgehead atoms. The van der Waals surface area contributed by atoms with Crippen LogP contribution in [0.5, 0.6) is 0 Å². The Labute approximate surface area is 191 Å². The third-order valence-electron chi connectivity index (χ3n) is 8.16. The van der Waals surface area contributed by atoms with E-state index in [2.05, 4.69) is 0 Å². The lowest BCUT2D eigenvalue weighted by Gasteiger charge is -2.48. The molecule has 0 aromatic heterocycles. The van der Waals surface area contributed by atoms with Crippen molar-refractivity contribution in [1.82, 2.24) is 0 Å². The molecule has 0 spiro atoms. The lowest BCUT2D eigenvalue weighted by atomic mass is 9.65. The van der Waals surface area contributed by atoms with Crippen LogP contribution >= 0.6 is 0 Å². The molecule has 0 N–H and O–H groups in total. The van der Waals surface area contributed by atoms with E-state index in [1.54, 1.807) is 42.7 Å². The zero-order valence-corrected chi connectivity index (χ0v) is 19.4. The highest BCUT2D eigenvalue weighted by Crippen LogP contribution is 2.63. The van der Waals surface area contributed by atoms with E-state index < -0.39 is 59.7 Å². The van der Waals surface area contributed by atoms with Crippen molar-refractivity contribution in [2.24, 2.45) is 23.7 Å². The number of hydrogen-bond donors (Lipinski definition) is 0. The quantitative estimate of drug-likeness (QED) is 0.527. The van der Waals surface area contributed by atoms with Gasteiger partial charge in [-0.2, -0.15) is 0 Å². The fourth-order valence-electron chi connectivity index (χ4n) is 6.93. The Kier molecular flexibility index (Phi) is 4.52. The van der Waals surface area contributed by atoms with Crippen LogP contribution in [0.3, 0.4) is 0 Å². The lowest BCUT2D eigenvalue weighted by molar-refractivity contribution is -0.341. The van der Waals surface area contributed by atoms with Crippen LogP contribution in [0.4, 0.5) is 0 Å². The van der Waals surface area contributed by atoms with Crippen molar-refractivity contribution in [3.05, 3.63) is 35.2 Å². The summed E-state index contributed by atoms with van der Waals surface area (Å²) in [6, 6.07) is 0. The zero-order chi connectivity index (χ0) is 23.3. The Hall–Kier alpha value is -2.11. The predicted molar refractivity (Wildman–Crippen MR) is 108 cm³/mol. The summed E-state index contributed by atoms with van der Waals surface area (Å²) in [6.45, 7) is 0. The lowest BCUT2D eigenvalue weighted by Crippen LogP contribution is -2.61. The van der Waals surface area contributed by atoms with Gasteiger partial charge in [-0.15, -0.1) is 0 Å². The minimum Gasteiger partial charge on any atom is -0.495 e. The van der Waals surface area contributed by atoms with Crippen LogP contribution in [0.15, 0.2) is 35.2 Å². The van der Waals surface area contributed by atoms with E-state index in [0.29, 0.717) is 23.0 Å². The molecular formula is C23H28O10. The fraction of sp³-hybridized carbons (Fsp3) is 0.696. The molecule has 0 aromatic rings. The van der Waals surface area contributed by atoms with Crippen molar-refractivity contribution < 1.29 is 47.4 Å². The topological polar surface area (TPSA) is 100 Å². The van der Waals surface area contributed by atoms with Crippen LogP contribution in [-0.4, -0.2) is 84.4 Å². The number of methoxy groups -OCH3 is 6. The van der Waals surface area contributed by atoms with Gasteiger partial charge in [-0.1, -0.05) is 0 Å². The van der Waals surface area contributed by atoms with Gasteiger partial charge < -0.3 is 42.6 Å². The van der Waals surface area contributed by atoms with Crippen LogP contribution in [0.2, 0.25) is 0 Å². The van der Waals surface area contributed by atoms with Crippen molar-refractivity contribution >= 4 is 5.78 Å². The summed E-state index contributed by atoms with van der Waals surface area (Å²) in [5, 5.41) is 0. The molecule has 0 aromatic carbocycles. The second-order valence-corrected chi connectivity index (χ2v) is 9.02. The fourth-order valence-corrected chi connectivity index (χ4v) is 6.93. The summed E-state index contributed by atoms with van der Waals surface area (Å²) in [4.78, 5) is 14.4.